The molecule has 0 spiro atoms. The van der Waals surface area contributed by atoms with E-state index < -0.39 is 29.8 Å². The minimum absolute atomic E-state index is 0.0722. The monoisotopic (exact) mass is 470 g/mol. The number of hydrogen-bond acceptors (Lipinski definition) is 4. The van der Waals surface area contributed by atoms with E-state index in [9.17, 15) is 32.3 Å². The molecule has 0 saturated carbocycles. The van der Waals surface area contributed by atoms with E-state index in [-0.39, 0.29) is 11.1 Å². The fourth-order valence-corrected chi connectivity index (χ4v) is 3.13. The van der Waals surface area contributed by atoms with Crippen LogP contribution in [0.15, 0.2) is 42.5 Å². The van der Waals surface area contributed by atoms with Crippen LogP contribution in [0.25, 0.3) is 0 Å². The first-order valence-electron chi connectivity index (χ1n) is 9.88. The highest BCUT2D eigenvalue weighted by atomic mass is 19.4. The van der Waals surface area contributed by atoms with Gasteiger partial charge in [-0.3, -0.25) is 4.79 Å². The number of hydrogen-bond donors (Lipinski definition) is 3. The van der Waals surface area contributed by atoms with Crippen LogP contribution in [0.1, 0.15) is 40.5 Å². The molecule has 0 radical (unpaired) electrons. The second kappa shape index (κ2) is 10.8. The molecule has 0 aliphatic carbocycles. The zero-order chi connectivity index (χ0) is 24.8. The summed E-state index contributed by atoms with van der Waals surface area (Å²) in [6, 6.07) is 10.4. The van der Waals surface area contributed by atoms with Gasteiger partial charge in [0.25, 0.3) is 5.91 Å². The molecule has 0 bridgehead atoms. The molecule has 11 heteroatoms. The van der Waals surface area contributed by atoms with Gasteiger partial charge in [0, 0.05) is 13.1 Å². The Kier molecular flexibility index (Phi) is 8.38. The summed E-state index contributed by atoms with van der Waals surface area (Å²) < 4.78 is 45.6. The van der Waals surface area contributed by atoms with Gasteiger partial charge < -0.3 is 20.4 Å². The third-order valence-corrected chi connectivity index (χ3v) is 4.98. The number of carboxylic acid groups (broad SMARTS) is 2. The van der Waals surface area contributed by atoms with Crippen LogP contribution in [-0.4, -0.2) is 47.3 Å². The molecule has 1 amide bonds. The van der Waals surface area contributed by atoms with Crippen LogP contribution in [0.4, 0.5) is 28.9 Å². The van der Waals surface area contributed by atoms with E-state index in [1.54, 1.807) is 12.1 Å². The molecule has 33 heavy (non-hydrogen) atoms. The molecule has 3 N–H and O–H groups in total. The van der Waals surface area contributed by atoms with Crippen molar-refractivity contribution in [2.75, 3.05) is 23.3 Å². The van der Waals surface area contributed by atoms with Gasteiger partial charge in [-0.1, -0.05) is 19.1 Å². The molecular weight excluding hydrogens is 448 g/mol. The number of amides is 1. The molecule has 2 aromatic rings. The molecule has 1 aliphatic rings. The van der Waals surface area contributed by atoms with Crippen LogP contribution in [0.5, 0.6) is 0 Å². The first-order valence-corrected chi connectivity index (χ1v) is 9.88. The number of alkyl halides is 3. The number of halogens is 4. The SMILES string of the molecule is CC1CCN(c2ccc(C(=O)O)cc2NC(=O)c2ccccc2F)CC1.O=C(O)C(F)(F)F. The van der Waals surface area contributed by atoms with Gasteiger partial charge in [-0.25, -0.2) is 14.0 Å². The summed E-state index contributed by atoms with van der Waals surface area (Å²) in [6.45, 7) is 3.86. The summed E-state index contributed by atoms with van der Waals surface area (Å²) in [7, 11) is 0. The number of aromatic carboxylic acids is 1. The number of nitrogens with one attached hydrogen (secondary N) is 1. The molecule has 0 aromatic heterocycles. The van der Waals surface area contributed by atoms with Crippen LogP contribution in [0.3, 0.4) is 0 Å². The van der Waals surface area contributed by atoms with Crippen LogP contribution >= 0.6 is 0 Å². The zero-order valence-electron chi connectivity index (χ0n) is 17.5. The Morgan fingerprint density at radius 2 is 1.61 bits per heavy atom. The van der Waals surface area contributed by atoms with Gasteiger partial charge in [-0.2, -0.15) is 13.2 Å². The van der Waals surface area contributed by atoms with Gasteiger partial charge in [0.15, 0.2) is 0 Å². The van der Waals surface area contributed by atoms with Gasteiger partial charge in [0.1, 0.15) is 5.82 Å². The summed E-state index contributed by atoms with van der Waals surface area (Å²) in [4.78, 5) is 34.8. The van der Waals surface area contributed by atoms with Crippen molar-refractivity contribution in [3.8, 4) is 0 Å². The molecule has 178 valence electrons. The second-order valence-electron chi connectivity index (χ2n) is 7.44. The standard InChI is InChI=1S/C20H21FN2O3.C2HF3O2/c1-13-8-10-23(11-9-13)18-7-6-14(20(25)26)12-17(18)22-19(24)15-4-2-3-5-16(15)21;3-2(4,5)1(6)7/h2-7,12-13H,8-11H2,1H3,(H,22,24)(H,25,26);(H,6,7). The van der Waals surface area contributed by atoms with Gasteiger partial charge in [-0.05, 0) is 49.1 Å². The Morgan fingerprint density at radius 3 is 2.12 bits per heavy atom. The molecule has 2 aromatic carbocycles. The summed E-state index contributed by atoms with van der Waals surface area (Å²) >= 11 is 0. The van der Waals surface area contributed by atoms with Crippen molar-refractivity contribution in [1.29, 1.82) is 0 Å². The summed E-state index contributed by atoms with van der Waals surface area (Å²) in [5.74, 6) is -4.41. The molecule has 1 saturated heterocycles. The molecular formula is C22H22F4N2O5. The maximum Gasteiger partial charge on any atom is 0.490 e. The van der Waals surface area contributed by atoms with Gasteiger partial charge in [0.05, 0.1) is 22.5 Å². The van der Waals surface area contributed by atoms with E-state index in [1.165, 1.54) is 30.3 Å². The van der Waals surface area contributed by atoms with E-state index in [2.05, 4.69) is 17.1 Å². The maximum absolute atomic E-state index is 13.9. The molecule has 1 fully saturated rings. The number of piperidine rings is 1. The molecule has 0 unspecified atom stereocenters. The van der Waals surface area contributed by atoms with E-state index in [4.69, 9.17) is 9.90 Å². The Bertz CT molecular complexity index is 1020. The summed E-state index contributed by atoms with van der Waals surface area (Å²) in [5.41, 5.74) is 1.13. The van der Waals surface area contributed by atoms with E-state index in [1.807, 2.05) is 0 Å². The second-order valence-corrected chi connectivity index (χ2v) is 7.44. The van der Waals surface area contributed by atoms with Crippen molar-refractivity contribution in [2.45, 2.75) is 25.9 Å². The lowest BCUT2D eigenvalue weighted by Gasteiger charge is -2.33. The number of rotatable bonds is 4. The van der Waals surface area contributed by atoms with Crippen molar-refractivity contribution < 1.29 is 42.2 Å². The predicted octanol–water partition coefficient (Wildman–Crippen LogP) is 4.65. The molecule has 0 atom stereocenters. The fraction of sp³-hybridized carbons (Fsp3) is 0.318. The van der Waals surface area contributed by atoms with Crippen molar-refractivity contribution in [3.63, 3.8) is 0 Å². The lowest BCUT2D eigenvalue weighted by molar-refractivity contribution is -0.192. The maximum atomic E-state index is 13.9. The lowest BCUT2D eigenvalue weighted by atomic mass is 9.98. The van der Waals surface area contributed by atoms with E-state index in [0.717, 1.165) is 31.6 Å². The smallest absolute Gasteiger partial charge is 0.478 e. The average molecular weight is 470 g/mol. The number of carbonyl (C=O) groups is 3. The molecule has 1 aliphatic heterocycles. The van der Waals surface area contributed by atoms with Gasteiger partial charge in [-0.15, -0.1) is 0 Å². The minimum Gasteiger partial charge on any atom is -0.478 e. The minimum atomic E-state index is -5.08. The van der Waals surface area contributed by atoms with Gasteiger partial charge >= 0.3 is 18.1 Å². The Balaban J connectivity index is 0.000000479. The number of carbonyl (C=O) groups excluding carboxylic acids is 1. The highest BCUT2D eigenvalue weighted by molar-refractivity contribution is 6.07. The number of aliphatic carboxylic acids is 1. The average Bonchev–Trinajstić information content (AvgIpc) is 2.74. The third-order valence-electron chi connectivity index (χ3n) is 4.98. The van der Waals surface area contributed by atoms with Crippen LogP contribution < -0.4 is 10.2 Å². The Labute approximate surface area is 186 Å². The van der Waals surface area contributed by atoms with Crippen LogP contribution in [0, 0.1) is 11.7 Å². The molecule has 3 rings (SSSR count). The number of benzene rings is 2. The highest BCUT2D eigenvalue weighted by Crippen LogP contribution is 2.31. The number of anilines is 2. The topological polar surface area (TPSA) is 107 Å². The van der Waals surface area contributed by atoms with Crippen molar-refractivity contribution >= 4 is 29.2 Å². The van der Waals surface area contributed by atoms with Crippen molar-refractivity contribution in [2.24, 2.45) is 5.92 Å². The van der Waals surface area contributed by atoms with Crippen molar-refractivity contribution in [3.05, 3.63) is 59.4 Å². The predicted molar refractivity (Wildman–Crippen MR) is 112 cm³/mol. The fourth-order valence-electron chi connectivity index (χ4n) is 3.13. The first kappa shape index (κ1) is 25.6. The largest absolute Gasteiger partial charge is 0.490 e. The zero-order valence-corrected chi connectivity index (χ0v) is 17.5. The lowest BCUT2D eigenvalue weighted by Crippen LogP contribution is -2.33. The molecule has 7 nitrogen and oxygen atoms in total. The van der Waals surface area contributed by atoms with Crippen LogP contribution in [0.2, 0.25) is 0 Å². The quantitative estimate of drug-likeness (QED) is 0.562. The van der Waals surface area contributed by atoms with E-state index in [0.29, 0.717) is 11.6 Å². The first-order chi connectivity index (χ1) is 15.4. The van der Waals surface area contributed by atoms with E-state index >= 15 is 0 Å². The number of carboxylic acids is 2. The number of nitrogens with zero attached hydrogens (tertiary/aromatic N) is 1. The third kappa shape index (κ3) is 7.19. The normalized spacial score (nSPS) is 14.2. The van der Waals surface area contributed by atoms with Crippen LogP contribution in [-0.2, 0) is 4.79 Å². The van der Waals surface area contributed by atoms with Gasteiger partial charge in [0.2, 0.25) is 0 Å². The highest BCUT2D eigenvalue weighted by Gasteiger charge is 2.38. The summed E-state index contributed by atoms with van der Waals surface area (Å²) in [6.07, 6.45) is -3.03. The Hall–Kier alpha value is -3.63. The molecule has 1 heterocycles. The Morgan fingerprint density at radius 1 is 1.03 bits per heavy atom. The van der Waals surface area contributed by atoms with Crippen molar-refractivity contribution in [1.82, 2.24) is 0 Å². The summed E-state index contributed by atoms with van der Waals surface area (Å²) in [5, 5.41) is 19.1.